The molecule has 0 fully saturated rings. The second-order valence-corrected chi connectivity index (χ2v) is 3.70. The van der Waals surface area contributed by atoms with Crippen molar-refractivity contribution in [3.05, 3.63) is 12.2 Å². The predicted molar refractivity (Wildman–Crippen MR) is 69.8 cm³/mol. The second kappa shape index (κ2) is 12.9. The lowest BCUT2D eigenvalue weighted by molar-refractivity contribution is -0.117. The van der Waals surface area contributed by atoms with E-state index in [0.29, 0.717) is 25.7 Å². The summed E-state index contributed by atoms with van der Waals surface area (Å²) in [5.41, 5.74) is 0. The Morgan fingerprint density at radius 1 is 1.24 bits per heavy atom. The van der Waals surface area contributed by atoms with Crippen LogP contribution < -0.4 is 5.32 Å². The van der Waals surface area contributed by atoms with Gasteiger partial charge in [-0.15, -0.1) is 0 Å². The van der Waals surface area contributed by atoms with E-state index >= 15 is 0 Å². The Morgan fingerprint density at radius 3 is 2.29 bits per heavy atom. The summed E-state index contributed by atoms with van der Waals surface area (Å²) in [6, 6.07) is 0. The molecular formula is C13H25NO3. The van der Waals surface area contributed by atoms with Gasteiger partial charge in [-0.2, -0.15) is 0 Å². The molecule has 4 heteroatoms. The van der Waals surface area contributed by atoms with Crippen molar-refractivity contribution in [3.63, 3.8) is 0 Å². The monoisotopic (exact) mass is 243 g/mol. The second-order valence-electron chi connectivity index (χ2n) is 3.70. The Balaban J connectivity index is 0. The van der Waals surface area contributed by atoms with E-state index in [-0.39, 0.29) is 11.7 Å². The van der Waals surface area contributed by atoms with Gasteiger partial charge in [0.1, 0.15) is 0 Å². The summed E-state index contributed by atoms with van der Waals surface area (Å²) in [6.45, 7) is 11.2. The van der Waals surface area contributed by atoms with Crippen LogP contribution in [0.3, 0.4) is 0 Å². The van der Waals surface area contributed by atoms with Gasteiger partial charge in [-0.3, -0.25) is 9.59 Å². The third kappa shape index (κ3) is 17.5. The first-order valence-corrected chi connectivity index (χ1v) is 6.06. The molecule has 0 bridgehead atoms. The van der Waals surface area contributed by atoms with Crippen molar-refractivity contribution in [3.8, 4) is 0 Å². The summed E-state index contributed by atoms with van der Waals surface area (Å²) in [5.74, 6) is 0.0952. The molecule has 0 aliphatic rings. The van der Waals surface area contributed by atoms with Gasteiger partial charge in [-0.25, -0.2) is 0 Å². The van der Waals surface area contributed by atoms with Crippen LogP contribution in [0.4, 0.5) is 0 Å². The van der Waals surface area contributed by atoms with E-state index in [1.807, 2.05) is 13.8 Å². The maximum Gasteiger partial charge on any atom is 0.244 e. The first-order valence-electron chi connectivity index (χ1n) is 6.06. The maximum atomic E-state index is 11.0. The molecule has 0 aliphatic heterocycles. The van der Waals surface area contributed by atoms with Gasteiger partial charge < -0.3 is 10.1 Å². The molecule has 0 saturated carbocycles. The summed E-state index contributed by atoms with van der Waals surface area (Å²) in [5, 5.41) is 2.61. The summed E-state index contributed by atoms with van der Waals surface area (Å²) in [4.78, 5) is 21.5. The maximum absolute atomic E-state index is 11.0. The highest BCUT2D eigenvalue weighted by molar-refractivity contribution is 5.96. The van der Waals surface area contributed by atoms with Gasteiger partial charge in [-0.1, -0.05) is 27.7 Å². The zero-order chi connectivity index (χ0) is 13.7. The van der Waals surface area contributed by atoms with Crippen LogP contribution in [0.2, 0.25) is 0 Å². The summed E-state index contributed by atoms with van der Waals surface area (Å²) in [7, 11) is 0. The van der Waals surface area contributed by atoms with Gasteiger partial charge in [0.2, 0.25) is 5.91 Å². The zero-order valence-corrected chi connectivity index (χ0v) is 11.6. The lowest BCUT2D eigenvalue weighted by Crippen LogP contribution is -2.26. The van der Waals surface area contributed by atoms with Crippen LogP contribution in [-0.4, -0.2) is 31.4 Å². The minimum atomic E-state index is -0.265. The quantitative estimate of drug-likeness (QED) is 0.549. The molecule has 0 aromatic heterocycles. The first kappa shape index (κ1) is 18.2. The Morgan fingerprint density at radius 2 is 1.82 bits per heavy atom. The number of rotatable bonds is 7. The Bertz CT molecular complexity index is 235. The minimum absolute atomic E-state index is 0.138. The third-order valence-corrected chi connectivity index (χ3v) is 1.47. The van der Waals surface area contributed by atoms with Crippen LogP contribution in [0.5, 0.6) is 0 Å². The molecule has 0 rings (SSSR count). The van der Waals surface area contributed by atoms with Gasteiger partial charge >= 0.3 is 0 Å². The summed E-state index contributed by atoms with van der Waals surface area (Å²) in [6.07, 6.45) is 2.47. The number of ether oxygens (including phenoxy) is 1. The van der Waals surface area contributed by atoms with E-state index in [2.05, 4.69) is 19.2 Å². The average molecular weight is 243 g/mol. The van der Waals surface area contributed by atoms with Crippen LogP contribution in [0.25, 0.3) is 0 Å². The molecule has 0 heterocycles. The Kier molecular flexibility index (Phi) is 13.8. The molecule has 4 nitrogen and oxygen atoms in total. The van der Waals surface area contributed by atoms with E-state index in [0.717, 1.165) is 0 Å². The van der Waals surface area contributed by atoms with E-state index in [1.165, 1.54) is 19.1 Å². The number of nitrogens with one attached hydrogen (secondary N) is 1. The molecule has 1 N–H and O–H groups in total. The topological polar surface area (TPSA) is 55.4 Å². The van der Waals surface area contributed by atoms with Gasteiger partial charge in [0.05, 0.1) is 6.61 Å². The molecule has 0 aromatic rings. The highest BCUT2D eigenvalue weighted by Gasteiger charge is 1.96. The number of amides is 1. The normalized spacial score (nSPS) is 10.0. The van der Waals surface area contributed by atoms with Crippen molar-refractivity contribution >= 4 is 11.7 Å². The van der Waals surface area contributed by atoms with E-state index in [1.54, 1.807) is 0 Å². The molecular weight excluding hydrogens is 218 g/mol. The molecule has 17 heavy (non-hydrogen) atoms. The Hall–Kier alpha value is -1.16. The van der Waals surface area contributed by atoms with Crippen LogP contribution >= 0.6 is 0 Å². The summed E-state index contributed by atoms with van der Waals surface area (Å²) < 4.78 is 5.27. The van der Waals surface area contributed by atoms with E-state index in [9.17, 15) is 9.59 Å². The molecule has 0 aromatic carbocycles. The molecule has 0 unspecified atom stereocenters. The van der Waals surface area contributed by atoms with Crippen molar-refractivity contribution in [1.82, 2.24) is 5.32 Å². The lowest BCUT2D eigenvalue weighted by atomic mass is 10.2. The first-order chi connectivity index (χ1) is 8.02. The molecule has 100 valence electrons. The fourth-order valence-electron chi connectivity index (χ4n) is 0.817. The SMILES string of the molecule is CC.CC(=O)/C=C/C(=O)NCCOCC(C)C. The number of hydrogen-bond acceptors (Lipinski definition) is 3. The standard InChI is InChI=1S/C11H19NO3.C2H6/c1-9(2)8-15-7-6-12-11(14)5-4-10(3)13;1-2/h4-5,9H,6-8H2,1-3H3,(H,12,14);1-2H3/b5-4+;. The van der Waals surface area contributed by atoms with Gasteiger partial charge in [-0.05, 0) is 18.9 Å². The zero-order valence-electron chi connectivity index (χ0n) is 11.6. The number of hydrogen-bond donors (Lipinski definition) is 1. The molecule has 0 radical (unpaired) electrons. The van der Waals surface area contributed by atoms with Gasteiger partial charge in [0.15, 0.2) is 5.78 Å². The van der Waals surface area contributed by atoms with Crippen LogP contribution in [-0.2, 0) is 14.3 Å². The van der Waals surface area contributed by atoms with E-state index < -0.39 is 0 Å². The van der Waals surface area contributed by atoms with E-state index in [4.69, 9.17) is 4.74 Å². The lowest BCUT2D eigenvalue weighted by Gasteiger charge is -2.06. The fraction of sp³-hybridized carbons (Fsp3) is 0.692. The van der Waals surface area contributed by atoms with Gasteiger partial charge in [0.25, 0.3) is 0 Å². The molecule has 0 saturated heterocycles. The van der Waals surface area contributed by atoms with Gasteiger partial charge in [0, 0.05) is 19.2 Å². The average Bonchev–Trinajstić information content (AvgIpc) is 2.28. The highest BCUT2D eigenvalue weighted by Crippen LogP contribution is 1.90. The summed E-state index contributed by atoms with van der Waals surface area (Å²) >= 11 is 0. The molecule has 0 spiro atoms. The number of allylic oxidation sites excluding steroid dienone is 1. The van der Waals surface area contributed by atoms with Crippen molar-refractivity contribution in [2.24, 2.45) is 5.92 Å². The van der Waals surface area contributed by atoms with Crippen molar-refractivity contribution in [2.75, 3.05) is 19.8 Å². The van der Waals surface area contributed by atoms with Crippen molar-refractivity contribution in [2.45, 2.75) is 34.6 Å². The molecule has 0 aliphatic carbocycles. The number of carbonyl (C=O) groups is 2. The number of ketones is 1. The predicted octanol–water partition coefficient (Wildman–Crippen LogP) is 1.95. The fourth-order valence-corrected chi connectivity index (χ4v) is 0.817. The molecule has 0 atom stereocenters. The number of carbonyl (C=O) groups excluding carboxylic acids is 2. The van der Waals surface area contributed by atoms with Crippen LogP contribution in [0, 0.1) is 5.92 Å². The van der Waals surface area contributed by atoms with Crippen LogP contribution in [0.15, 0.2) is 12.2 Å². The van der Waals surface area contributed by atoms with Crippen molar-refractivity contribution < 1.29 is 14.3 Å². The van der Waals surface area contributed by atoms with Crippen molar-refractivity contribution in [1.29, 1.82) is 0 Å². The van der Waals surface area contributed by atoms with Crippen LogP contribution in [0.1, 0.15) is 34.6 Å². The smallest absolute Gasteiger partial charge is 0.244 e. The highest BCUT2D eigenvalue weighted by atomic mass is 16.5. The Labute approximate surface area is 104 Å². The minimum Gasteiger partial charge on any atom is -0.379 e. The largest absolute Gasteiger partial charge is 0.379 e. The molecule has 1 amide bonds. The third-order valence-electron chi connectivity index (χ3n) is 1.47.